The Kier molecular flexibility index (Phi) is 3.13. The summed E-state index contributed by atoms with van der Waals surface area (Å²) in [6, 6.07) is 16.4. The number of aldehydes is 1. The van der Waals surface area contributed by atoms with Gasteiger partial charge in [0.25, 0.3) is 0 Å². The highest BCUT2D eigenvalue weighted by Gasteiger charge is 2.12. The molecule has 1 N–H and O–H groups in total. The van der Waals surface area contributed by atoms with Crippen molar-refractivity contribution in [1.82, 2.24) is 0 Å². The lowest BCUT2D eigenvalue weighted by atomic mass is 9.97. The Morgan fingerprint density at radius 2 is 1.56 bits per heavy atom. The zero-order valence-corrected chi connectivity index (χ0v) is 8.71. The van der Waals surface area contributed by atoms with Crippen LogP contribution in [0.4, 0.5) is 0 Å². The van der Waals surface area contributed by atoms with E-state index in [1.54, 1.807) is 18.2 Å². The lowest BCUT2D eigenvalue weighted by Crippen LogP contribution is -2.02. The minimum atomic E-state index is -0.748. The molecule has 0 heterocycles. The van der Waals surface area contributed by atoms with E-state index in [9.17, 15) is 9.90 Å². The maximum atomic E-state index is 10.9. The first-order chi connectivity index (χ1) is 7.83. The van der Waals surface area contributed by atoms with Gasteiger partial charge in [-0.15, -0.1) is 0 Å². The minimum Gasteiger partial charge on any atom is -0.384 e. The van der Waals surface area contributed by atoms with E-state index in [0.29, 0.717) is 11.1 Å². The largest absolute Gasteiger partial charge is 0.384 e. The van der Waals surface area contributed by atoms with Crippen LogP contribution in [0.2, 0.25) is 0 Å². The third kappa shape index (κ3) is 2.02. The number of rotatable bonds is 3. The van der Waals surface area contributed by atoms with E-state index in [-0.39, 0.29) is 0 Å². The molecule has 0 amide bonds. The summed E-state index contributed by atoms with van der Waals surface area (Å²) in [7, 11) is 0. The molecule has 0 spiro atoms. The van der Waals surface area contributed by atoms with Gasteiger partial charge in [0.2, 0.25) is 0 Å². The van der Waals surface area contributed by atoms with Crippen LogP contribution in [0.25, 0.3) is 0 Å². The van der Waals surface area contributed by atoms with Gasteiger partial charge in [-0.2, -0.15) is 0 Å². The lowest BCUT2D eigenvalue weighted by molar-refractivity contribution is 0.111. The second-order valence-corrected chi connectivity index (χ2v) is 3.56. The molecule has 2 heteroatoms. The Hall–Kier alpha value is -1.93. The molecular weight excluding hydrogens is 200 g/mol. The molecule has 0 aromatic heterocycles. The summed E-state index contributed by atoms with van der Waals surface area (Å²) in [6.07, 6.45) is 0.0178. The second-order valence-electron chi connectivity index (χ2n) is 3.56. The molecule has 2 rings (SSSR count). The topological polar surface area (TPSA) is 37.3 Å². The van der Waals surface area contributed by atoms with Crippen LogP contribution in [-0.4, -0.2) is 11.4 Å². The first-order valence-corrected chi connectivity index (χ1v) is 5.10. The summed E-state index contributed by atoms with van der Waals surface area (Å²) in [5, 5.41) is 10.1. The molecule has 16 heavy (non-hydrogen) atoms. The predicted molar refractivity (Wildman–Crippen MR) is 62.3 cm³/mol. The highest BCUT2D eigenvalue weighted by atomic mass is 16.3. The Bertz CT molecular complexity index is 477. The van der Waals surface area contributed by atoms with E-state index < -0.39 is 6.10 Å². The van der Waals surface area contributed by atoms with Crippen LogP contribution in [0.5, 0.6) is 0 Å². The standard InChI is InChI=1S/C14H12O2/c15-10-12-8-4-5-9-13(12)14(16)11-6-2-1-3-7-11/h1-10,14,16H. The van der Waals surface area contributed by atoms with Gasteiger partial charge in [0.1, 0.15) is 12.4 Å². The summed E-state index contributed by atoms with van der Waals surface area (Å²) >= 11 is 0. The first kappa shape index (κ1) is 10.6. The number of hydrogen-bond acceptors (Lipinski definition) is 2. The van der Waals surface area contributed by atoms with E-state index in [1.807, 2.05) is 36.4 Å². The van der Waals surface area contributed by atoms with Gasteiger partial charge in [0.05, 0.1) is 0 Å². The van der Waals surface area contributed by atoms with Gasteiger partial charge in [0.15, 0.2) is 0 Å². The van der Waals surface area contributed by atoms with Crippen molar-refractivity contribution in [3.63, 3.8) is 0 Å². The lowest BCUT2D eigenvalue weighted by Gasteiger charge is -2.13. The number of carbonyl (C=O) groups is 1. The molecule has 0 saturated heterocycles. The molecule has 1 unspecified atom stereocenters. The zero-order chi connectivity index (χ0) is 11.4. The van der Waals surface area contributed by atoms with E-state index in [1.165, 1.54) is 0 Å². The maximum Gasteiger partial charge on any atom is 0.150 e. The van der Waals surface area contributed by atoms with Crippen LogP contribution in [0.1, 0.15) is 27.6 Å². The monoisotopic (exact) mass is 212 g/mol. The van der Waals surface area contributed by atoms with Crippen molar-refractivity contribution in [2.75, 3.05) is 0 Å². The molecule has 2 aromatic carbocycles. The smallest absolute Gasteiger partial charge is 0.150 e. The average molecular weight is 212 g/mol. The number of carbonyl (C=O) groups excluding carboxylic acids is 1. The maximum absolute atomic E-state index is 10.9. The highest BCUT2D eigenvalue weighted by molar-refractivity contribution is 5.77. The normalized spacial score (nSPS) is 12.1. The summed E-state index contributed by atoms with van der Waals surface area (Å²) in [5.41, 5.74) is 1.96. The van der Waals surface area contributed by atoms with E-state index in [0.717, 1.165) is 11.8 Å². The van der Waals surface area contributed by atoms with Gasteiger partial charge in [0, 0.05) is 5.56 Å². The molecule has 0 aliphatic carbocycles. The molecule has 0 aliphatic rings. The second kappa shape index (κ2) is 4.73. The molecule has 0 bridgehead atoms. The van der Waals surface area contributed by atoms with Gasteiger partial charge >= 0.3 is 0 Å². The number of aliphatic hydroxyl groups excluding tert-OH is 1. The average Bonchev–Trinajstić information content (AvgIpc) is 2.39. The van der Waals surface area contributed by atoms with Crippen molar-refractivity contribution in [3.05, 3.63) is 71.3 Å². The van der Waals surface area contributed by atoms with E-state index >= 15 is 0 Å². The van der Waals surface area contributed by atoms with Crippen LogP contribution in [0, 0.1) is 0 Å². The summed E-state index contributed by atoms with van der Waals surface area (Å²) in [6.45, 7) is 0. The van der Waals surface area contributed by atoms with Crippen molar-refractivity contribution in [2.24, 2.45) is 0 Å². The molecule has 80 valence electrons. The van der Waals surface area contributed by atoms with Gasteiger partial charge in [-0.25, -0.2) is 0 Å². The van der Waals surface area contributed by atoms with E-state index in [4.69, 9.17) is 0 Å². The van der Waals surface area contributed by atoms with Gasteiger partial charge in [-0.1, -0.05) is 54.6 Å². The molecule has 0 fully saturated rings. The van der Waals surface area contributed by atoms with Crippen LogP contribution < -0.4 is 0 Å². The third-order valence-corrected chi connectivity index (χ3v) is 2.53. The first-order valence-electron chi connectivity index (χ1n) is 5.10. The summed E-state index contributed by atoms with van der Waals surface area (Å²) in [5.74, 6) is 0. The summed E-state index contributed by atoms with van der Waals surface area (Å²) < 4.78 is 0. The Morgan fingerprint density at radius 1 is 0.938 bits per heavy atom. The minimum absolute atomic E-state index is 0.527. The van der Waals surface area contributed by atoms with Crippen molar-refractivity contribution >= 4 is 6.29 Å². The molecule has 2 aromatic rings. The quantitative estimate of drug-likeness (QED) is 0.794. The molecular formula is C14H12O2. The fourth-order valence-electron chi connectivity index (χ4n) is 1.68. The number of hydrogen-bond donors (Lipinski definition) is 1. The van der Waals surface area contributed by atoms with Gasteiger partial charge in [-0.05, 0) is 11.1 Å². The Balaban J connectivity index is 2.41. The van der Waals surface area contributed by atoms with Gasteiger partial charge < -0.3 is 5.11 Å². The fourth-order valence-corrected chi connectivity index (χ4v) is 1.68. The number of aliphatic hydroxyl groups is 1. The van der Waals surface area contributed by atoms with Crippen molar-refractivity contribution < 1.29 is 9.90 Å². The molecule has 0 aliphatic heterocycles. The Morgan fingerprint density at radius 3 is 2.25 bits per heavy atom. The van der Waals surface area contributed by atoms with E-state index in [2.05, 4.69) is 0 Å². The molecule has 0 radical (unpaired) electrons. The summed E-state index contributed by atoms with van der Waals surface area (Å²) in [4.78, 5) is 10.9. The highest BCUT2D eigenvalue weighted by Crippen LogP contribution is 2.23. The predicted octanol–water partition coefficient (Wildman–Crippen LogP) is 2.58. The van der Waals surface area contributed by atoms with Crippen LogP contribution in [0.3, 0.4) is 0 Å². The zero-order valence-electron chi connectivity index (χ0n) is 8.71. The SMILES string of the molecule is O=Cc1ccccc1C(O)c1ccccc1. The van der Waals surface area contributed by atoms with Crippen molar-refractivity contribution in [1.29, 1.82) is 0 Å². The molecule has 0 saturated carbocycles. The van der Waals surface area contributed by atoms with Crippen LogP contribution >= 0.6 is 0 Å². The fraction of sp³-hybridized carbons (Fsp3) is 0.0714. The Labute approximate surface area is 94.2 Å². The third-order valence-electron chi connectivity index (χ3n) is 2.53. The molecule has 1 atom stereocenters. The van der Waals surface area contributed by atoms with Crippen molar-refractivity contribution in [2.45, 2.75) is 6.10 Å². The number of benzene rings is 2. The van der Waals surface area contributed by atoms with Crippen LogP contribution in [0.15, 0.2) is 54.6 Å². The molecule has 2 nitrogen and oxygen atoms in total. The van der Waals surface area contributed by atoms with Crippen molar-refractivity contribution in [3.8, 4) is 0 Å². The van der Waals surface area contributed by atoms with Gasteiger partial charge in [-0.3, -0.25) is 4.79 Å². The van der Waals surface area contributed by atoms with Crippen LogP contribution in [-0.2, 0) is 0 Å².